The number of benzene rings is 1. The largest absolute Gasteiger partial charge is 0.274 e. The molecule has 5 nitrogen and oxygen atoms in total. The molecule has 21 heavy (non-hydrogen) atoms. The molecule has 0 N–H and O–H groups in total. The Bertz CT molecular complexity index is 757. The van der Waals surface area contributed by atoms with Gasteiger partial charge in [-0.1, -0.05) is 12.1 Å². The van der Waals surface area contributed by atoms with Crippen LogP contribution in [0.4, 0.5) is 4.39 Å². The van der Waals surface area contributed by atoms with Crippen molar-refractivity contribution in [3.05, 3.63) is 48.0 Å². The number of sulfonamides is 1. The molecule has 3 rings (SSSR count). The number of nitrogens with zero attached hydrogens (tertiary/aromatic N) is 3. The minimum Gasteiger partial charge on any atom is -0.274 e. The van der Waals surface area contributed by atoms with Crippen molar-refractivity contribution in [2.45, 2.75) is 17.2 Å². The predicted octanol–water partition coefficient (Wildman–Crippen LogP) is 1.74. The number of halogens is 1. The highest BCUT2D eigenvalue weighted by Gasteiger charge is 2.33. The van der Waals surface area contributed by atoms with Crippen LogP contribution in [0, 0.1) is 5.82 Å². The maximum absolute atomic E-state index is 13.3. The van der Waals surface area contributed by atoms with E-state index in [1.807, 2.05) is 6.07 Å². The Labute approximate surface area is 123 Å². The molecule has 0 aliphatic carbocycles. The minimum absolute atomic E-state index is 0.0344. The zero-order chi connectivity index (χ0) is 15.0. The normalized spacial score (nSPS) is 20.0. The van der Waals surface area contributed by atoms with E-state index in [2.05, 4.69) is 5.10 Å². The van der Waals surface area contributed by atoms with Gasteiger partial charge >= 0.3 is 0 Å². The van der Waals surface area contributed by atoms with Crippen molar-refractivity contribution in [3.63, 3.8) is 0 Å². The molecule has 7 heteroatoms. The van der Waals surface area contributed by atoms with Gasteiger partial charge in [-0.2, -0.15) is 9.40 Å². The molecule has 1 aromatic heterocycles. The SMILES string of the molecule is Cn1cc(S(=O)(=O)N2CC[C@@H](c3cccc(F)c3)C2)cn1. The molecule has 1 fully saturated rings. The number of aryl methyl sites for hydroxylation is 1. The van der Waals surface area contributed by atoms with Gasteiger partial charge in [0.25, 0.3) is 0 Å². The first-order valence-corrected chi connectivity index (χ1v) is 8.15. The fourth-order valence-corrected chi connectivity index (χ4v) is 4.15. The molecule has 0 radical (unpaired) electrons. The van der Waals surface area contributed by atoms with Crippen molar-refractivity contribution in [1.29, 1.82) is 0 Å². The molecule has 0 amide bonds. The van der Waals surface area contributed by atoms with E-state index < -0.39 is 10.0 Å². The first kappa shape index (κ1) is 14.2. The predicted molar refractivity (Wildman–Crippen MR) is 75.7 cm³/mol. The summed E-state index contributed by atoms with van der Waals surface area (Å²) in [5.74, 6) is -0.256. The summed E-state index contributed by atoms with van der Waals surface area (Å²) in [5, 5.41) is 3.90. The summed E-state index contributed by atoms with van der Waals surface area (Å²) in [7, 11) is -1.83. The summed E-state index contributed by atoms with van der Waals surface area (Å²) >= 11 is 0. The molecule has 2 aromatic rings. The lowest BCUT2D eigenvalue weighted by atomic mass is 9.99. The molecule has 1 aromatic carbocycles. The number of rotatable bonds is 3. The van der Waals surface area contributed by atoms with Gasteiger partial charge < -0.3 is 0 Å². The lowest BCUT2D eigenvalue weighted by molar-refractivity contribution is 0.472. The average Bonchev–Trinajstić information content (AvgIpc) is 3.07. The Kier molecular flexibility index (Phi) is 3.54. The second kappa shape index (κ2) is 5.23. The van der Waals surface area contributed by atoms with E-state index >= 15 is 0 Å². The van der Waals surface area contributed by atoms with Crippen LogP contribution in [0.15, 0.2) is 41.6 Å². The zero-order valence-corrected chi connectivity index (χ0v) is 12.4. The Balaban J connectivity index is 1.81. The molecule has 0 bridgehead atoms. The molecule has 0 saturated carbocycles. The fraction of sp³-hybridized carbons (Fsp3) is 0.357. The summed E-state index contributed by atoms with van der Waals surface area (Å²) in [4.78, 5) is 0.199. The Morgan fingerprint density at radius 3 is 2.86 bits per heavy atom. The maximum Gasteiger partial charge on any atom is 0.246 e. The molecule has 0 unspecified atom stereocenters. The van der Waals surface area contributed by atoms with Crippen LogP contribution in [0.1, 0.15) is 17.9 Å². The second-order valence-corrected chi connectivity index (χ2v) is 7.19. The molecular weight excluding hydrogens is 293 g/mol. The van der Waals surface area contributed by atoms with E-state index in [1.165, 1.54) is 33.5 Å². The lowest BCUT2D eigenvalue weighted by Gasteiger charge is -2.15. The number of hydrogen-bond donors (Lipinski definition) is 0. The monoisotopic (exact) mass is 309 g/mol. The van der Waals surface area contributed by atoms with Crippen LogP contribution in [0.5, 0.6) is 0 Å². The zero-order valence-electron chi connectivity index (χ0n) is 11.6. The van der Waals surface area contributed by atoms with E-state index in [-0.39, 0.29) is 16.6 Å². The van der Waals surface area contributed by atoms with Gasteiger partial charge in [0.05, 0.1) is 6.20 Å². The maximum atomic E-state index is 13.3. The number of aromatic nitrogens is 2. The van der Waals surface area contributed by atoms with E-state index in [0.29, 0.717) is 19.5 Å². The topological polar surface area (TPSA) is 55.2 Å². The van der Waals surface area contributed by atoms with Gasteiger partial charge in [0.1, 0.15) is 10.7 Å². The molecule has 1 aliphatic rings. The van der Waals surface area contributed by atoms with Crippen LogP contribution in [0.25, 0.3) is 0 Å². The van der Waals surface area contributed by atoms with Crippen molar-refractivity contribution in [3.8, 4) is 0 Å². The number of hydrogen-bond acceptors (Lipinski definition) is 3. The van der Waals surface area contributed by atoms with E-state index in [9.17, 15) is 12.8 Å². The highest BCUT2D eigenvalue weighted by Crippen LogP contribution is 2.31. The third kappa shape index (κ3) is 2.71. The highest BCUT2D eigenvalue weighted by atomic mass is 32.2. The Morgan fingerprint density at radius 1 is 1.38 bits per heavy atom. The summed E-state index contributed by atoms with van der Waals surface area (Å²) < 4.78 is 41.2. The van der Waals surface area contributed by atoms with Crippen molar-refractivity contribution >= 4 is 10.0 Å². The first-order chi connectivity index (χ1) is 9.96. The van der Waals surface area contributed by atoms with E-state index in [4.69, 9.17) is 0 Å². The molecule has 2 heterocycles. The van der Waals surface area contributed by atoms with Crippen LogP contribution in [-0.4, -0.2) is 35.6 Å². The van der Waals surface area contributed by atoms with Crippen LogP contribution in [0.3, 0.4) is 0 Å². The molecule has 1 aliphatic heterocycles. The molecular formula is C14H16FN3O2S. The van der Waals surface area contributed by atoms with Crippen LogP contribution < -0.4 is 0 Å². The van der Waals surface area contributed by atoms with Crippen molar-refractivity contribution < 1.29 is 12.8 Å². The van der Waals surface area contributed by atoms with Crippen molar-refractivity contribution in [1.82, 2.24) is 14.1 Å². The standard InChI is InChI=1S/C14H16FN3O2S/c1-17-10-14(8-16-17)21(19,20)18-6-5-12(9-18)11-3-2-4-13(15)7-11/h2-4,7-8,10,12H,5-6,9H2,1H3/t12-/m1/s1. The van der Waals surface area contributed by atoms with Crippen LogP contribution in [0.2, 0.25) is 0 Å². The second-order valence-electron chi connectivity index (χ2n) is 5.25. The Hall–Kier alpha value is -1.73. The quantitative estimate of drug-likeness (QED) is 0.868. The smallest absolute Gasteiger partial charge is 0.246 e. The summed E-state index contributed by atoms with van der Waals surface area (Å²) in [6.07, 6.45) is 3.54. The van der Waals surface area contributed by atoms with Gasteiger partial charge in [0.15, 0.2) is 0 Å². The first-order valence-electron chi connectivity index (χ1n) is 6.71. The molecule has 1 saturated heterocycles. The van der Waals surface area contributed by atoms with E-state index in [1.54, 1.807) is 13.1 Å². The summed E-state index contributed by atoms with van der Waals surface area (Å²) in [5.41, 5.74) is 0.846. The highest BCUT2D eigenvalue weighted by molar-refractivity contribution is 7.89. The third-order valence-corrected chi connectivity index (χ3v) is 5.61. The van der Waals surface area contributed by atoms with Gasteiger partial charge in [0.2, 0.25) is 10.0 Å². The van der Waals surface area contributed by atoms with Gasteiger partial charge in [-0.05, 0) is 30.0 Å². The fourth-order valence-electron chi connectivity index (χ4n) is 2.66. The van der Waals surface area contributed by atoms with Gasteiger partial charge in [-0.3, -0.25) is 4.68 Å². The minimum atomic E-state index is -3.51. The van der Waals surface area contributed by atoms with Crippen molar-refractivity contribution in [2.75, 3.05) is 13.1 Å². The third-order valence-electron chi connectivity index (χ3n) is 3.79. The average molecular weight is 309 g/mol. The van der Waals surface area contributed by atoms with Gasteiger partial charge in [-0.15, -0.1) is 0 Å². The Morgan fingerprint density at radius 2 is 2.19 bits per heavy atom. The van der Waals surface area contributed by atoms with Crippen molar-refractivity contribution in [2.24, 2.45) is 7.05 Å². The molecule has 112 valence electrons. The van der Waals surface area contributed by atoms with Gasteiger partial charge in [-0.25, -0.2) is 12.8 Å². The summed E-state index contributed by atoms with van der Waals surface area (Å²) in [6.45, 7) is 0.819. The molecule has 0 spiro atoms. The van der Waals surface area contributed by atoms with Crippen LogP contribution in [-0.2, 0) is 17.1 Å². The van der Waals surface area contributed by atoms with Crippen LogP contribution >= 0.6 is 0 Å². The molecule has 1 atom stereocenters. The van der Waals surface area contributed by atoms with Gasteiger partial charge in [0, 0.05) is 26.3 Å². The van der Waals surface area contributed by atoms with E-state index in [0.717, 1.165) is 5.56 Å². The summed E-state index contributed by atoms with van der Waals surface area (Å²) in [6, 6.07) is 6.37. The lowest BCUT2D eigenvalue weighted by Crippen LogP contribution is -2.28.